The number of nitrogens with zero attached hydrogens (tertiary/aromatic N) is 1. The molecule has 3 aromatic rings. The van der Waals surface area contributed by atoms with E-state index in [0.29, 0.717) is 6.42 Å². The van der Waals surface area contributed by atoms with Crippen molar-refractivity contribution in [1.29, 1.82) is 0 Å². The minimum atomic E-state index is 0.275. The summed E-state index contributed by atoms with van der Waals surface area (Å²) >= 11 is 0. The van der Waals surface area contributed by atoms with Crippen LogP contribution in [0.1, 0.15) is 22.3 Å². The smallest absolute Gasteiger partial charge is 0.164 e. The number of hydrogen-bond acceptors (Lipinski definition) is 2. The third kappa shape index (κ3) is 2.22. The van der Waals surface area contributed by atoms with Gasteiger partial charge in [-0.3, -0.25) is 4.79 Å². The SMILES string of the molecule is CN(C)c1ccc2c(-c3ccccc3)c3c(cc2c1)CCC3=O. The second kappa shape index (κ2) is 5.24. The molecule has 0 saturated heterocycles. The molecule has 3 aromatic carbocycles. The summed E-state index contributed by atoms with van der Waals surface area (Å²) in [6.07, 6.45) is 1.49. The normalized spacial score (nSPS) is 13.4. The first-order valence-electron chi connectivity index (χ1n) is 8.01. The third-order valence-corrected chi connectivity index (χ3v) is 4.68. The summed E-state index contributed by atoms with van der Waals surface area (Å²) in [5.41, 5.74) is 5.53. The van der Waals surface area contributed by atoms with Gasteiger partial charge in [-0.1, -0.05) is 42.5 Å². The van der Waals surface area contributed by atoms with Crippen LogP contribution in [0.15, 0.2) is 54.6 Å². The van der Waals surface area contributed by atoms with Crippen LogP contribution in [0, 0.1) is 0 Å². The van der Waals surface area contributed by atoms with Gasteiger partial charge in [0.25, 0.3) is 0 Å². The molecule has 0 fully saturated rings. The van der Waals surface area contributed by atoms with Gasteiger partial charge in [0.2, 0.25) is 0 Å². The van der Waals surface area contributed by atoms with Crippen molar-refractivity contribution in [3.05, 3.63) is 65.7 Å². The van der Waals surface area contributed by atoms with Gasteiger partial charge in [0.05, 0.1) is 0 Å². The second-order valence-corrected chi connectivity index (χ2v) is 6.37. The van der Waals surface area contributed by atoms with Gasteiger partial charge in [0, 0.05) is 37.3 Å². The highest BCUT2D eigenvalue weighted by Crippen LogP contribution is 2.39. The van der Waals surface area contributed by atoms with Crippen LogP contribution in [0.4, 0.5) is 5.69 Å². The van der Waals surface area contributed by atoms with Crippen LogP contribution in [0.25, 0.3) is 21.9 Å². The van der Waals surface area contributed by atoms with E-state index in [1.165, 1.54) is 16.6 Å². The average Bonchev–Trinajstić information content (AvgIpc) is 2.93. The highest BCUT2D eigenvalue weighted by molar-refractivity contribution is 6.14. The van der Waals surface area contributed by atoms with Crippen LogP contribution in [0.2, 0.25) is 0 Å². The van der Waals surface area contributed by atoms with Crippen LogP contribution < -0.4 is 4.90 Å². The van der Waals surface area contributed by atoms with Gasteiger partial charge in [-0.2, -0.15) is 0 Å². The summed E-state index contributed by atoms with van der Waals surface area (Å²) in [7, 11) is 4.10. The Kier molecular flexibility index (Phi) is 3.19. The van der Waals surface area contributed by atoms with Crippen LogP contribution in [-0.2, 0) is 6.42 Å². The Hall–Kier alpha value is -2.61. The van der Waals surface area contributed by atoms with E-state index >= 15 is 0 Å². The van der Waals surface area contributed by atoms with E-state index in [1.807, 2.05) is 18.2 Å². The number of Topliss-reactive ketones (excluding diaryl/α,β-unsaturated/α-hetero) is 1. The zero-order valence-corrected chi connectivity index (χ0v) is 13.5. The maximum Gasteiger partial charge on any atom is 0.164 e. The topological polar surface area (TPSA) is 20.3 Å². The lowest BCUT2D eigenvalue weighted by Crippen LogP contribution is -2.08. The largest absolute Gasteiger partial charge is 0.378 e. The van der Waals surface area contributed by atoms with E-state index < -0.39 is 0 Å². The molecule has 0 saturated carbocycles. The number of aryl methyl sites for hydroxylation is 1. The van der Waals surface area contributed by atoms with E-state index in [4.69, 9.17) is 0 Å². The molecule has 1 aliphatic rings. The molecule has 0 spiro atoms. The molecule has 0 amide bonds. The van der Waals surface area contributed by atoms with Gasteiger partial charge >= 0.3 is 0 Å². The monoisotopic (exact) mass is 301 g/mol. The van der Waals surface area contributed by atoms with Crippen molar-refractivity contribution < 1.29 is 4.79 Å². The summed E-state index contributed by atoms with van der Waals surface area (Å²) in [5, 5.41) is 2.37. The van der Waals surface area contributed by atoms with E-state index in [2.05, 4.69) is 55.4 Å². The van der Waals surface area contributed by atoms with Gasteiger partial charge < -0.3 is 4.90 Å². The predicted octanol–water partition coefficient (Wildman–Crippen LogP) is 4.70. The summed E-state index contributed by atoms with van der Waals surface area (Å²) in [6, 6.07) is 19.0. The maximum atomic E-state index is 12.5. The fourth-order valence-electron chi connectivity index (χ4n) is 3.52. The van der Waals surface area contributed by atoms with Gasteiger partial charge in [-0.15, -0.1) is 0 Å². The summed E-state index contributed by atoms with van der Waals surface area (Å²) in [5.74, 6) is 0.275. The first-order chi connectivity index (χ1) is 11.1. The quantitative estimate of drug-likeness (QED) is 0.683. The maximum absolute atomic E-state index is 12.5. The highest BCUT2D eigenvalue weighted by atomic mass is 16.1. The van der Waals surface area contributed by atoms with Crippen LogP contribution in [-0.4, -0.2) is 19.9 Å². The molecule has 114 valence electrons. The van der Waals surface area contributed by atoms with Crippen molar-refractivity contribution in [2.75, 3.05) is 19.0 Å². The summed E-state index contributed by atoms with van der Waals surface area (Å²) in [4.78, 5) is 14.6. The lowest BCUT2D eigenvalue weighted by Gasteiger charge is -2.17. The standard InChI is InChI=1S/C21H19NO/c1-22(2)17-9-10-18-16(13-17)12-15-8-11-19(23)21(15)20(18)14-6-4-3-5-7-14/h3-7,9-10,12-13H,8,11H2,1-2H3. The first kappa shape index (κ1) is 14.0. The van der Waals surface area contributed by atoms with Crippen LogP contribution >= 0.6 is 0 Å². The van der Waals surface area contributed by atoms with Crippen molar-refractivity contribution in [3.63, 3.8) is 0 Å². The Morgan fingerprint density at radius 1 is 0.870 bits per heavy atom. The number of anilines is 1. The molecular formula is C21H19NO. The van der Waals surface area contributed by atoms with E-state index in [-0.39, 0.29) is 5.78 Å². The first-order valence-corrected chi connectivity index (χ1v) is 8.01. The van der Waals surface area contributed by atoms with E-state index in [0.717, 1.165) is 28.5 Å². The molecule has 2 nitrogen and oxygen atoms in total. The Morgan fingerprint density at radius 2 is 1.65 bits per heavy atom. The molecule has 2 heteroatoms. The van der Waals surface area contributed by atoms with E-state index in [1.54, 1.807) is 0 Å². The minimum Gasteiger partial charge on any atom is -0.378 e. The van der Waals surface area contributed by atoms with Gasteiger partial charge in [-0.05, 0) is 40.5 Å². The predicted molar refractivity (Wildman–Crippen MR) is 96.4 cm³/mol. The minimum absolute atomic E-state index is 0.275. The third-order valence-electron chi connectivity index (χ3n) is 4.68. The lowest BCUT2D eigenvalue weighted by molar-refractivity contribution is 0.0995. The molecule has 0 aromatic heterocycles. The van der Waals surface area contributed by atoms with Gasteiger partial charge in [0.15, 0.2) is 5.78 Å². The highest BCUT2D eigenvalue weighted by Gasteiger charge is 2.25. The molecule has 1 aliphatic carbocycles. The average molecular weight is 301 g/mol. The number of carbonyl (C=O) groups is 1. The number of benzene rings is 3. The number of fused-ring (bicyclic) bond motifs is 2. The van der Waals surface area contributed by atoms with Gasteiger partial charge in [0.1, 0.15) is 0 Å². The van der Waals surface area contributed by atoms with Crippen LogP contribution in [0.5, 0.6) is 0 Å². The zero-order valence-electron chi connectivity index (χ0n) is 13.5. The van der Waals surface area contributed by atoms with E-state index in [9.17, 15) is 4.79 Å². The fraction of sp³-hybridized carbons (Fsp3) is 0.190. The molecular weight excluding hydrogens is 282 g/mol. The number of ketones is 1. The number of hydrogen-bond donors (Lipinski definition) is 0. The van der Waals surface area contributed by atoms with Gasteiger partial charge in [-0.25, -0.2) is 0 Å². The Morgan fingerprint density at radius 3 is 2.39 bits per heavy atom. The Labute approximate surface area is 136 Å². The molecule has 0 radical (unpaired) electrons. The van der Waals surface area contributed by atoms with Crippen molar-refractivity contribution in [2.24, 2.45) is 0 Å². The summed E-state index contributed by atoms with van der Waals surface area (Å²) in [6.45, 7) is 0. The molecule has 0 N–H and O–H groups in total. The Bertz CT molecular complexity index is 910. The van der Waals surface area contributed by atoms with Crippen molar-refractivity contribution in [3.8, 4) is 11.1 Å². The Balaban J connectivity index is 2.09. The molecule has 0 atom stereocenters. The number of rotatable bonds is 2. The van der Waals surface area contributed by atoms with Crippen molar-refractivity contribution in [2.45, 2.75) is 12.8 Å². The molecule has 23 heavy (non-hydrogen) atoms. The number of carbonyl (C=O) groups excluding carboxylic acids is 1. The zero-order chi connectivity index (χ0) is 16.0. The fourth-order valence-corrected chi connectivity index (χ4v) is 3.52. The summed E-state index contributed by atoms with van der Waals surface area (Å²) < 4.78 is 0. The second-order valence-electron chi connectivity index (χ2n) is 6.37. The van der Waals surface area contributed by atoms with Crippen LogP contribution in [0.3, 0.4) is 0 Å². The molecule has 0 unspecified atom stereocenters. The molecule has 0 aliphatic heterocycles. The van der Waals surface area contributed by atoms with Crippen molar-refractivity contribution >= 4 is 22.2 Å². The van der Waals surface area contributed by atoms with Crippen molar-refractivity contribution in [1.82, 2.24) is 0 Å². The molecule has 4 rings (SSSR count). The lowest BCUT2D eigenvalue weighted by atomic mass is 9.90. The molecule has 0 heterocycles. The molecule has 0 bridgehead atoms.